The maximum Gasteiger partial charge on any atom is 0.357 e. The molecule has 0 aliphatic carbocycles. The van der Waals surface area contributed by atoms with Crippen LogP contribution in [0.4, 0.5) is 0 Å². The minimum absolute atomic E-state index is 0. The van der Waals surface area contributed by atoms with E-state index in [1.54, 1.807) is 31.3 Å². The maximum atomic E-state index is 11.9. The molecular weight excluding hydrogens is 312 g/mol. The first-order valence-corrected chi connectivity index (χ1v) is 6.17. The standard InChI is InChI=1S/C14H16N2O5.ClH/c1-3-21-13(18)10(11-6-4-5-7-15-11)8-16-12(9-17)14(19)20-2;/h4-9,16-17H,3H2,1-2H3;1H/b10-8+,12-9-;. The number of hydrogen-bond donors (Lipinski definition) is 2. The summed E-state index contributed by atoms with van der Waals surface area (Å²) < 4.78 is 9.41. The van der Waals surface area contributed by atoms with Gasteiger partial charge in [0.2, 0.25) is 5.69 Å². The lowest BCUT2D eigenvalue weighted by Gasteiger charge is -2.06. The highest BCUT2D eigenvalue weighted by Gasteiger charge is 2.19. The number of pyridine rings is 1. The molecule has 0 radical (unpaired) electrons. The number of halogens is 1. The van der Waals surface area contributed by atoms with Crippen molar-refractivity contribution in [1.82, 2.24) is 5.32 Å². The van der Waals surface area contributed by atoms with Crippen molar-refractivity contribution < 1.29 is 41.6 Å². The molecule has 8 heteroatoms. The molecule has 7 nitrogen and oxygen atoms in total. The van der Waals surface area contributed by atoms with Crippen LogP contribution in [-0.2, 0) is 19.1 Å². The van der Waals surface area contributed by atoms with E-state index in [0.29, 0.717) is 12.0 Å². The zero-order valence-electron chi connectivity index (χ0n) is 12.1. The number of ether oxygens (including phenoxy) is 2. The van der Waals surface area contributed by atoms with E-state index in [2.05, 4.69) is 15.0 Å². The molecule has 0 aromatic carbocycles. The molecule has 0 aliphatic heterocycles. The number of rotatable bonds is 6. The third-order valence-corrected chi connectivity index (χ3v) is 2.40. The quantitative estimate of drug-likeness (QED) is 0.342. The summed E-state index contributed by atoms with van der Waals surface area (Å²) in [7, 11) is 1.18. The fourth-order valence-corrected chi connectivity index (χ4v) is 1.43. The van der Waals surface area contributed by atoms with E-state index in [4.69, 9.17) is 9.84 Å². The van der Waals surface area contributed by atoms with Crippen molar-refractivity contribution in [3.63, 3.8) is 0 Å². The number of aromatic amines is 1. The highest BCUT2D eigenvalue weighted by molar-refractivity contribution is 6.15. The Morgan fingerprint density at radius 3 is 2.59 bits per heavy atom. The molecule has 1 aromatic rings. The molecule has 0 fully saturated rings. The molecule has 0 unspecified atom stereocenters. The number of carbonyl (C=O) groups is 2. The number of esters is 2. The first-order valence-electron chi connectivity index (χ1n) is 6.17. The van der Waals surface area contributed by atoms with Crippen molar-refractivity contribution in [2.75, 3.05) is 13.7 Å². The molecule has 3 N–H and O–H groups in total. The van der Waals surface area contributed by atoms with Gasteiger partial charge < -0.3 is 32.3 Å². The number of nitrogens with one attached hydrogen (secondary N) is 2. The van der Waals surface area contributed by atoms with Crippen LogP contribution in [0.3, 0.4) is 0 Å². The third kappa shape index (κ3) is 5.45. The predicted molar refractivity (Wildman–Crippen MR) is 73.5 cm³/mol. The lowest BCUT2D eigenvalue weighted by atomic mass is 10.2. The highest BCUT2D eigenvalue weighted by Crippen LogP contribution is 2.10. The van der Waals surface area contributed by atoms with Gasteiger partial charge in [0.25, 0.3) is 0 Å². The van der Waals surface area contributed by atoms with Crippen molar-refractivity contribution >= 4 is 17.5 Å². The molecule has 0 amide bonds. The second-order valence-corrected chi connectivity index (χ2v) is 3.73. The Bertz CT molecular complexity index is 558. The first-order chi connectivity index (χ1) is 10.1. The Kier molecular flexibility index (Phi) is 9.04. The van der Waals surface area contributed by atoms with Gasteiger partial charge in [0.15, 0.2) is 11.9 Å². The zero-order chi connectivity index (χ0) is 15.7. The zero-order valence-corrected chi connectivity index (χ0v) is 12.9. The molecule has 1 heterocycles. The Balaban J connectivity index is 0.00000441. The number of methoxy groups -OCH3 is 1. The van der Waals surface area contributed by atoms with Gasteiger partial charge in [-0.15, -0.1) is 0 Å². The van der Waals surface area contributed by atoms with E-state index < -0.39 is 11.9 Å². The van der Waals surface area contributed by atoms with Crippen LogP contribution in [0.2, 0.25) is 0 Å². The smallest absolute Gasteiger partial charge is 0.357 e. The normalized spacial score (nSPS) is 11.2. The summed E-state index contributed by atoms with van der Waals surface area (Å²) in [4.78, 5) is 26.1. The van der Waals surface area contributed by atoms with Crippen LogP contribution in [0.25, 0.3) is 5.57 Å². The third-order valence-electron chi connectivity index (χ3n) is 2.40. The number of carbonyl (C=O) groups excluding carboxylic acids is 2. The van der Waals surface area contributed by atoms with Gasteiger partial charge in [0, 0.05) is 18.3 Å². The number of aliphatic hydroxyl groups is 1. The molecule has 0 saturated heterocycles. The largest absolute Gasteiger partial charge is 1.00 e. The summed E-state index contributed by atoms with van der Waals surface area (Å²) in [6.45, 7) is 1.90. The van der Waals surface area contributed by atoms with Gasteiger partial charge in [0.1, 0.15) is 11.8 Å². The van der Waals surface area contributed by atoms with Gasteiger partial charge in [-0.3, -0.25) is 0 Å². The molecule has 1 aromatic heterocycles. The molecule has 120 valence electrons. The van der Waals surface area contributed by atoms with Gasteiger partial charge >= 0.3 is 11.9 Å². The van der Waals surface area contributed by atoms with E-state index in [0.717, 1.165) is 0 Å². The topological polar surface area (TPSA) is 99.0 Å². The lowest BCUT2D eigenvalue weighted by Crippen LogP contribution is -3.00. The van der Waals surface area contributed by atoms with Gasteiger partial charge in [-0.25, -0.2) is 14.6 Å². The monoisotopic (exact) mass is 328 g/mol. The Morgan fingerprint density at radius 2 is 2.09 bits per heavy atom. The van der Waals surface area contributed by atoms with E-state index in [1.165, 1.54) is 13.3 Å². The van der Waals surface area contributed by atoms with Crippen molar-refractivity contribution in [2.24, 2.45) is 0 Å². The first kappa shape index (κ1) is 19.5. The molecule has 0 spiro atoms. The Hall–Kier alpha value is -2.54. The number of hydrogen-bond acceptors (Lipinski definition) is 6. The van der Waals surface area contributed by atoms with Crippen LogP contribution >= 0.6 is 0 Å². The molecule has 1 rings (SSSR count). The minimum Gasteiger partial charge on any atom is -1.00 e. The van der Waals surface area contributed by atoms with E-state index in [1.807, 2.05) is 0 Å². The summed E-state index contributed by atoms with van der Waals surface area (Å²) in [5.74, 6) is -1.34. The van der Waals surface area contributed by atoms with Crippen molar-refractivity contribution in [3.05, 3.63) is 48.2 Å². The van der Waals surface area contributed by atoms with Crippen LogP contribution in [0.5, 0.6) is 0 Å². The fourth-order valence-electron chi connectivity index (χ4n) is 1.43. The lowest BCUT2D eigenvalue weighted by molar-refractivity contribution is -0.381. The molecule has 0 bridgehead atoms. The summed E-state index contributed by atoms with van der Waals surface area (Å²) in [6, 6.07) is 5.17. The van der Waals surface area contributed by atoms with Crippen LogP contribution in [0, 0.1) is 0 Å². The molecule has 0 aliphatic rings. The summed E-state index contributed by atoms with van der Waals surface area (Å²) in [5, 5.41) is 11.5. The minimum atomic E-state index is -0.769. The maximum absolute atomic E-state index is 11.9. The molecule has 0 saturated carbocycles. The van der Waals surface area contributed by atoms with Gasteiger partial charge in [-0.2, -0.15) is 0 Å². The predicted octanol–water partition coefficient (Wildman–Crippen LogP) is -2.43. The van der Waals surface area contributed by atoms with Crippen molar-refractivity contribution in [3.8, 4) is 0 Å². The summed E-state index contributed by atoms with van der Waals surface area (Å²) in [5.41, 5.74) is 0.446. The number of H-pyrrole nitrogens is 1. The van der Waals surface area contributed by atoms with E-state index in [9.17, 15) is 9.59 Å². The second-order valence-electron chi connectivity index (χ2n) is 3.73. The molecule has 22 heavy (non-hydrogen) atoms. The van der Waals surface area contributed by atoms with Crippen LogP contribution in [-0.4, -0.2) is 30.8 Å². The van der Waals surface area contributed by atoms with Gasteiger partial charge in [-0.1, -0.05) is 0 Å². The summed E-state index contributed by atoms with van der Waals surface area (Å²) in [6.07, 6.45) is 3.45. The average molecular weight is 329 g/mol. The SMILES string of the molecule is CCOC(=O)/C(=C/N/C(=C\O)C(=O)OC)c1cccc[nH+]1.[Cl-]. The number of aliphatic hydroxyl groups excluding tert-OH is 1. The average Bonchev–Trinajstić information content (AvgIpc) is 2.52. The fraction of sp³-hybridized carbons (Fsp3) is 0.214. The molecule has 0 atom stereocenters. The summed E-state index contributed by atoms with van der Waals surface area (Å²) >= 11 is 0. The van der Waals surface area contributed by atoms with E-state index in [-0.39, 0.29) is 30.3 Å². The number of aromatic nitrogens is 1. The highest BCUT2D eigenvalue weighted by atomic mass is 35.5. The Labute approximate surface area is 134 Å². The van der Waals surface area contributed by atoms with E-state index >= 15 is 0 Å². The van der Waals surface area contributed by atoms with Gasteiger partial charge in [-0.05, 0) is 13.0 Å². The van der Waals surface area contributed by atoms with Crippen LogP contribution < -0.4 is 22.7 Å². The van der Waals surface area contributed by atoms with Gasteiger partial charge in [0.05, 0.1) is 13.7 Å². The molecular formula is C14H17ClN2O5. The van der Waals surface area contributed by atoms with Crippen molar-refractivity contribution in [2.45, 2.75) is 6.92 Å². The van der Waals surface area contributed by atoms with Crippen LogP contribution in [0.15, 0.2) is 42.6 Å². The second kappa shape index (κ2) is 10.2. The van der Waals surface area contributed by atoms with Crippen LogP contribution in [0.1, 0.15) is 12.6 Å². The van der Waals surface area contributed by atoms with Crippen molar-refractivity contribution in [1.29, 1.82) is 0 Å². The Morgan fingerprint density at radius 1 is 1.36 bits per heavy atom.